The Labute approximate surface area is 142 Å². The van der Waals surface area contributed by atoms with Crippen LogP contribution in [0.3, 0.4) is 0 Å². The summed E-state index contributed by atoms with van der Waals surface area (Å²) in [6.45, 7) is 5.55. The van der Waals surface area contributed by atoms with Gasteiger partial charge in [-0.25, -0.2) is 4.79 Å². The van der Waals surface area contributed by atoms with Crippen molar-refractivity contribution in [1.82, 2.24) is 10.2 Å². The summed E-state index contributed by atoms with van der Waals surface area (Å²) in [4.78, 5) is 13.4. The second-order valence-electron chi connectivity index (χ2n) is 5.91. The van der Waals surface area contributed by atoms with E-state index in [9.17, 15) is 9.90 Å². The van der Waals surface area contributed by atoms with Crippen LogP contribution in [0.1, 0.15) is 38.4 Å². The molecule has 1 heterocycles. The number of aliphatic hydroxyl groups is 1. The largest absolute Gasteiger partial charge is 0.450 e. The first-order valence-corrected chi connectivity index (χ1v) is 8.50. The molecule has 2 atom stereocenters. The highest BCUT2D eigenvalue weighted by Crippen LogP contribution is 2.21. The lowest BCUT2D eigenvalue weighted by atomic mass is 10.00. The van der Waals surface area contributed by atoms with Crippen LogP contribution in [0.2, 0.25) is 5.02 Å². The molecule has 2 N–H and O–H groups in total. The smallest absolute Gasteiger partial charge is 0.409 e. The number of ether oxygens (including phenoxy) is 1. The second-order valence-corrected chi connectivity index (χ2v) is 6.35. The van der Waals surface area contributed by atoms with Gasteiger partial charge in [-0.2, -0.15) is 0 Å². The fourth-order valence-corrected chi connectivity index (χ4v) is 2.98. The Bertz CT molecular complexity index is 501. The van der Waals surface area contributed by atoms with Crippen molar-refractivity contribution in [1.29, 1.82) is 0 Å². The minimum absolute atomic E-state index is 0.0738. The Hall–Kier alpha value is -1.30. The summed E-state index contributed by atoms with van der Waals surface area (Å²) >= 11 is 5.87. The lowest BCUT2D eigenvalue weighted by Gasteiger charge is -2.34. The SMILES string of the molecule is CCOC(=O)N1CCC(NC(C)C(O)c2ccc(Cl)cc2)CC1. The zero-order chi connectivity index (χ0) is 16.8. The van der Waals surface area contributed by atoms with Crippen molar-refractivity contribution in [2.45, 2.75) is 44.9 Å². The van der Waals surface area contributed by atoms with E-state index >= 15 is 0 Å². The van der Waals surface area contributed by atoms with Crippen molar-refractivity contribution in [3.63, 3.8) is 0 Å². The molecule has 2 unspecified atom stereocenters. The molecule has 1 fully saturated rings. The Balaban J connectivity index is 1.81. The van der Waals surface area contributed by atoms with Crippen LogP contribution in [0, 0.1) is 0 Å². The first-order chi connectivity index (χ1) is 11.0. The Morgan fingerprint density at radius 3 is 2.57 bits per heavy atom. The number of likely N-dealkylation sites (tertiary alicyclic amines) is 1. The Morgan fingerprint density at radius 1 is 1.39 bits per heavy atom. The quantitative estimate of drug-likeness (QED) is 0.865. The van der Waals surface area contributed by atoms with Gasteiger partial charge in [-0.05, 0) is 44.4 Å². The van der Waals surface area contributed by atoms with Crippen LogP contribution in [0.15, 0.2) is 24.3 Å². The summed E-state index contributed by atoms with van der Waals surface area (Å²) in [5, 5.41) is 14.6. The number of hydrogen-bond donors (Lipinski definition) is 2. The van der Waals surface area contributed by atoms with E-state index in [2.05, 4.69) is 5.32 Å². The molecular formula is C17H25ClN2O3. The topological polar surface area (TPSA) is 61.8 Å². The van der Waals surface area contributed by atoms with Crippen molar-refractivity contribution in [3.05, 3.63) is 34.9 Å². The third-order valence-electron chi connectivity index (χ3n) is 4.20. The summed E-state index contributed by atoms with van der Waals surface area (Å²) in [7, 11) is 0. The number of carbonyl (C=O) groups is 1. The summed E-state index contributed by atoms with van der Waals surface area (Å²) in [6, 6.07) is 7.46. The van der Waals surface area contributed by atoms with Crippen molar-refractivity contribution in [3.8, 4) is 0 Å². The van der Waals surface area contributed by atoms with Crippen LogP contribution in [0.5, 0.6) is 0 Å². The maximum absolute atomic E-state index is 11.7. The fraction of sp³-hybridized carbons (Fsp3) is 0.588. The number of nitrogens with one attached hydrogen (secondary N) is 1. The minimum atomic E-state index is -0.588. The van der Waals surface area contributed by atoms with Crippen LogP contribution >= 0.6 is 11.6 Å². The molecule has 0 radical (unpaired) electrons. The molecule has 0 spiro atoms. The van der Waals surface area contributed by atoms with Crippen molar-refractivity contribution in [2.75, 3.05) is 19.7 Å². The molecule has 5 nitrogen and oxygen atoms in total. The van der Waals surface area contributed by atoms with E-state index in [0.29, 0.717) is 24.7 Å². The Kier molecular flexibility index (Phi) is 6.69. The number of aliphatic hydroxyl groups excluding tert-OH is 1. The molecule has 6 heteroatoms. The predicted octanol–water partition coefficient (Wildman–Crippen LogP) is 2.97. The number of amides is 1. The van der Waals surface area contributed by atoms with E-state index in [1.807, 2.05) is 26.0 Å². The molecule has 1 saturated heterocycles. The van der Waals surface area contributed by atoms with Gasteiger partial charge in [-0.3, -0.25) is 0 Å². The molecule has 1 amide bonds. The van der Waals surface area contributed by atoms with Crippen LogP contribution in [0.25, 0.3) is 0 Å². The van der Waals surface area contributed by atoms with E-state index in [4.69, 9.17) is 16.3 Å². The zero-order valence-electron chi connectivity index (χ0n) is 13.7. The van der Waals surface area contributed by atoms with Crippen molar-refractivity contribution in [2.24, 2.45) is 0 Å². The van der Waals surface area contributed by atoms with E-state index in [1.165, 1.54) is 0 Å². The summed E-state index contributed by atoms with van der Waals surface area (Å²) < 4.78 is 5.02. The molecule has 0 aliphatic carbocycles. The van der Waals surface area contributed by atoms with Gasteiger partial charge < -0.3 is 20.1 Å². The third-order valence-corrected chi connectivity index (χ3v) is 4.46. The van der Waals surface area contributed by atoms with Gasteiger partial charge in [-0.15, -0.1) is 0 Å². The zero-order valence-corrected chi connectivity index (χ0v) is 14.4. The number of halogens is 1. The van der Waals surface area contributed by atoms with E-state index in [-0.39, 0.29) is 18.2 Å². The lowest BCUT2D eigenvalue weighted by Crippen LogP contribution is -2.48. The molecule has 23 heavy (non-hydrogen) atoms. The van der Waals surface area contributed by atoms with Gasteiger partial charge in [0.05, 0.1) is 12.7 Å². The van der Waals surface area contributed by atoms with E-state index in [1.54, 1.807) is 17.0 Å². The summed E-state index contributed by atoms with van der Waals surface area (Å²) in [6.07, 6.45) is 0.892. The van der Waals surface area contributed by atoms with Crippen LogP contribution in [-0.2, 0) is 4.74 Å². The van der Waals surface area contributed by atoms with Gasteiger partial charge >= 0.3 is 6.09 Å². The third kappa shape index (κ3) is 5.09. The van der Waals surface area contributed by atoms with Gasteiger partial charge in [0.25, 0.3) is 0 Å². The summed E-state index contributed by atoms with van der Waals surface area (Å²) in [5.74, 6) is 0. The minimum Gasteiger partial charge on any atom is -0.450 e. The number of rotatable bonds is 5. The molecule has 0 aromatic heterocycles. The maximum atomic E-state index is 11.7. The number of benzene rings is 1. The first kappa shape index (κ1) is 18.0. The highest BCUT2D eigenvalue weighted by molar-refractivity contribution is 6.30. The van der Waals surface area contributed by atoms with Gasteiger partial charge in [0.15, 0.2) is 0 Å². The molecule has 1 aromatic rings. The van der Waals surface area contributed by atoms with Crippen molar-refractivity contribution < 1.29 is 14.6 Å². The lowest BCUT2D eigenvalue weighted by molar-refractivity contribution is 0.0873. The Morgan fingerprint density at radius 2 is 2.00 bits per heavy atom. The van der Waals surface area contributed by atoms with Crippen molar-refractivity contribution >= 4 is 17.7 Å². The van der Waals surface area contributed by atoms with E-state index in [0.717, 1.165) is 18.4 Å². The van der Waals surface area contributed by atoms with Gasteiger partial charge in [0, 0.05) is 30.2 Å². The average Bonchev–Trinajstić information content (AvgIpc) is 2.55. The molecule has 2 rings (SSSR count). The van der Waals surface area contributed by atoms with Crippen LogP contribution < -0.4 is 5.32 Å². The number of carbonyl (C=O) groups excluding carboxylic acids is 1. The molecule has 1 aliphatic rings. The average molecular weight is 341 g/mol. The highest BCUT2D eigenvalue weighted by Gasteiger charge is 2.26. The molecule has 1 aliphatic heterocycles. The van der Waals surface area contributed by atoms with Gasteiger partial charge in [0.1, 0.15) is 0 Å². The highest BCUT2D eigenvalue weighted by atomic mass is 35.5. The monoisotopic (exact) mass is 340 g/mol. The number of nitrogens with zero attached hydrogens (tertiary/aromatic N) is 1. The van der Waals surface area contributed by atoms with Gasteiger partial charge in [0.2, 0.25) is 0 Å². The second kappa shape index (κ2) is 8.52. The summed E-state index contributed by atoms with van der Waals surface area (Å²) in [5.41, 5.74) is 0.846. The number of hydrogen-bond acceptors (Lipinski definition) is 4. The molecule has 0 bridgehead atoms. The normalized spacial score (nSPS) is 18.5. The van der Waals surface area contributed by atoms with Gasteiger partial charge in [-0.1, -0.05) is 23.7 Å². The molecule has 0 saturated carbocycles. The molecular weight excluding hydrogens is 316 g/mol. The fourth-order valence-electron chi connectivity index (χ4n) is 2.86. The molecule has 128 valence electrons. The predicted molar refractivity (Wildman–Crippen MR) is 90.6 cm³/mol. The maximum Gasteiger partial charge on any atom is 0.409 e. The molecule has 1 aromatic carbocycles. The van der Waals surface area contributed by atoms with Crippen LogP contribution in [-0.4, -0.2) is 47.9 Å². The standard InChI is InChI=1S/C17H25ClN2O3/c1-3-23-17(22)20-10-8-15(9-11-20)19-12(2)16(21)13-4-6-14(18)7-5-13/h4-7,12,15-16,19,21H,3,8-11H2,1-2H3. The van der Waals surface area contributed by atoms with Crippen LogP contribution in [0.4, 0.5) is 4.79 Å². The van der Waals surface area contributed by atoms with E-state index < -0.39 is 6.10 Å². The first-order valence-electron chi connectivity index (χ1n) is 8.12. The number of piperidine rings is 1.